The summed E-state index contributed by atoms with van der Waals surface area (Å²) in [6.07, 6.45) is 3.12. The van der Waals surface area contributed by atoms with Crippen LogP contribution in [-0.4, -0.2) is 29.7 Å². The normalized spacial score (nSPS) is 29.3. The quantitative estimate of drug-likeness (QED) is 0.706. The predicted octanol–water partition coefficient (Wildman–Crippen LogP) is 2.86. The number of nitrogens with zero attached hydrogens (tertiary/aromatic N) is 1. The van der Waals surface area contributed by atoms with E-state index in [2.05, 4.69) is 0 Å². The number of halogens is 2. The molecular weight excluding hydrogens is 228 g/mol. The molecule has 1 aliphatic heterocycles. The minimum atomic E-state index is -0.648. The van der Waals surface area contributed by atoms with Crippen molar-refractivity contribution in [1.82, 2.24) is 4.90 Å². The van der Waals surface area contributed by atoms with Crippen LogP contribution in [0.2, 0.25) is 0 Å². The molecule has 0 spiro atoms. The van der Waals surface area contributed by atoms with Gasteiger partial charge in [-0.25, -0.2) is 13.6 Å². The lowest BCUT2D eigenvalue weighted by Crippen LogP contribution is -2.33. The van der Waals surface area contributed by atoms with Crippen molar-refractivity contribution in [2.45, 2.75) is 26.0 Å². The van der Waals surface area contributed by atoms with Crippen LogP contribution in [0.1, 0.15) is 13.8 Å². The van der Waals surface area contributed by atoms with Crippen molar-refractivity contribution in [3.05, 3.63) is 35.5 Å². The second-order valence-corrected chi connectivity index (χ2v) is 4.18. The first-order chi connectivity index (χ1) is 7.99. The highest BCUT2D eigenvalue weighted by molar-refractivity contribution is 5.71. The topological polar surface area (TPSA) is 29.5 Å². The Bertz CT molecular complexity index is 440. The highest BCUT2D eigenvalue weighted by Crippen LogP contribution is 2.25. The summed E-state index contributed by atoms with van der Waals surface area (Å²) in [6.45, 7) is 3.49. The van der Waals surface area contributed by atoms with Crippen LogP contribution in [0.3, 0.4) is 0 Å². The molecule has 1 fully saturated rings. The molecule has 0 saturated carbocycles. The Balaban J connectivity index is 2.25. The number of allylic oxidation sites excluding steroid dienone is 4. The van der Waals surface area contributed by atoms with E-state index >= 15 is 0 Å². The van der Waals surface area contributed by atoms with Crippen LogP contribution in [0.25, 0.3) is 0 Å². The zero-order valence-electron chi connectivity index (χ0n) is 9.61. The van der Waals surface area contributed by atoms with Crippen molar-refractivity contribution in [1.29, 1.82) is 0 Å². The average molecular weight is 241 g/mol. The molecule has 0 N–H and O–H groups in total. The van der Waals surface area contributed by atoms with Crippen molar-refractivity contribution < 1.29 is 18.3 Å². The molecule has 92 valence electrons. The lowest BCUT2D eigenvalue weighted by Gasteiger charge is -2.18. The van der Waals surface area contributed by atoms with Gasteiger partial charge in [-0.2, -0.15) is 0 Å². The molecule has 1 heterocycles. The number of rotatable bonds is 1. The van der Waals surface area contributed by atoms with Gasteiger partial charge in [-0.1, -0.05) is 6.08 Å². The Morgan fingerprint density at radius 1 is 1.47 bits per heavy atom. The SMILES string of the molecule is CC1=C(F)C=CC(N2CC(C)OC2=O)C=C1F. The first-order valence-electron chi connectivity index (χ1n) is 5.38. The molecule has 17 heavy (non-hydrogen) atoms. The Labute approximate surface area is 98.0 Å². The summed E-state index contributed by atoms with van der Waals surface area (Å²) in [6, 6.07) is -0.601. The summed E-state index contributed by atoms with van der Waals surface area (Å²) in [5.41, 5.74) is -0.0515. The Morgan fingerprint density at radius 2 is 2.18 bits per heavy atom. The van der Waals surface area contributed by atoms with Crippen molar-refractivity contribution in [3.8, 4) is 0 Å². The van der Waals surface area contributed by atoms with Crippen LogP contribution in [0, 0.1) is 0 Å². The first kappa shape index (κ1) is 11.8. The van der Waals surface area contributed by atoms with E-state index in [4.69, 9.17) is 4.74 Å². The van der Waals surface area contributed by atoms with Crippen molar-refractivity contribution >= 4 is 6.09 Å². The van der Waals surface area contributed by atoms with Gasteiger partial charge in [0.1, 0.15) is 17.8 Å². The number of amides is 1. The molecular formula is C12H13F2NO2. The van der Waals surface area contributed by atoms with Crippen LogP contribution < -0.4 is 0 Å². The van der Waals surface area contributed by atoms with E-state index in [0.29, 0.717) is 6.54 Å². The molecule has 3 nitrogen and oxygen atoms in total. The maximum atomic E-state index is 13.6. The van der Waals surface area contributed by atoms with E-state index < -0.39 is 23.8 Å². The second kappa shape index (κ2) is 4.31. The lowest BCUT2D eigenvalue weighted by molar-refractivity contribution is 0.137. The van der Waals surface area contributed by atoms with Crippen LogP contribution in [0.4, 0.5) is 13.6 Å². The Kier molecular flexibility index (Phi) is 3.00. The van der Waals surface area contributed by atoms with Gasteiger partial charge in [0, 0.05) is 5.57 Å². The molecule has 5 heteroatoms. The summed E-state index contributed by atoms with van der Waals surface area (Å²) in [5.74, 6) is -1.27. The van der Waals surface area contributed by atoms with Gasteiger partial charge >= 0.3 is 6.09 Å². The van der Waals surface area contributed by atoms with Gasteiger partial charge in [0.15, 0.2) is 0 Å². The van der Waals surface area contributed by atoms with Gasteiger partial charge in [-0.15, -0.1) is 0 Å². The fraction of sp³-hybridized carbons (Fsp3) is 0.417. The molecule has 1 aliphatic carbocycles. The number of hydrogen-bond donors (Lipinski definition) is 0. The summed E-state index contributed by atoms with van der Waals surface area (Å²) in [4.78, 5) is 12.8. The second-order valence-electron chi connectivity index (χ2n) is 4.18. The fourth-order valence-electron chi connectivity index (χ4n) is 1.82. The maximum absolute atomic E-state index is 13.6. The number of cyclic esters (lactones) is 1. The first-order valence-corrected chi connectivity index (χ1v) is 5.38. The predicted molar refractivity (Wildman–Crippen MR) is 58.6 cm³/mol. The molecule has 2 rings (SSSR count). The number of carbonyl (C=O) groups is 1. The molecule has 0 aromatic rings. The van der Waals surface area contributed by atoms with Crippen molar-refractivity contribution in [3.63, 3.8) is 0 Å². The molecule has 2 atom stereocenters. The minimum absolute atomic E-state index is 0.0515. The summed E-state index contributed by atoms with van der Waals surface area (Å²) >= 11 is 0. The molecule has 1 amide bonds. The van der Waals surface area contributed by atoms with E-state index in [0.717, 1.165) is 0 Å². The Morgan fingerprint density at radius 3 is 2.76 bits per heavy atom. The third-order valence-electron chi connectivity index (χ3n) is 2.82. The number of hydrogen-bond acceptors (Lipinski definition) is 2. The van der Waals surface area contributed by atoms with Gasteiger partial charge in [-0.3, -0.25) is 4.90 Å². The van der Waals surface area contributed by atoms with Crippen molar-refractivity contribution in [2.24, 2.45) is 0 Å². The summed E-state index contributed by atoms with van der Waals surface area (Å²) < 4.78 is 31.8. The van der Waals surface area contributed by atoms with Crippen LogP contribution >= 0.6 is 0 Å². The van der Waals surface area contributed by atoms with Gasteiger partial charge in [0.05, 0.1) is 12.6 Å². The van der Waals surface area contributed by atoms with E-state index in [1.165, 1.54) is 30.1 Å². The molecule has 1 saturated heterocycles. The van der Waals surface area contributed by atoms with Gasteiger partial charge < -0.3 is 4.74 Å². The fourth-order valence-corrected chi connectivity index (χ4v) is 1.82. The summed E-state index contributed by atoms with van der Waals surface area (Å²) in [7, 11) is 0. The van der Waals surface area contributed by atoms with Crippen LogP contribution in [0.15, 0.2) is 35.5 Å². The number of ether oxygens (including phenoxy) is 1. The third-order valence-corrected chi connectivity index (χ3v) is 2.82. The van der Waals surface area contributed by atoms with Crippen LogP contribution in [-0.2, 0) is 4.74 Å². The average Bonchev–Trinajstić information content (AvgIpc) is 2.55. The molecule has 0 aromatic heterocycles. The molecule has 0 aromatic carbocycles. The van der Waals surface area contributed by atoms with Gasteiger partial charge in [-0.05, 0) is 26.0 Å². The number of carbonyl (C=O) groups excluding carboxylic acids is 1. The summed E-state index contributed by atoms with van der Waals surface area (Å²) in [5, 5.41) is 0. The van der Waals surface area contributed by atoms with E-state index in [-0.39, 0.29) is 11.7 Å². The van der Waals surface area contributed by atoms with E-state index in [9.17, 15) is 13.6 Å². The smallest absolute Gasteiger partial charge is 0.410 e. The lowest BCUT2D eigenvalue weighted by atomic mass is 10.2. The van der Waals surface area contributed by atoms with Crippen molar-refractivity contribution in [2.75, 3.05) is 6.54 Å². The van der Waals surface area contributed by atoms with Crippen LogP contribution in [0.5, 0.6) is 0 Å². The highest BCUT2D eigenvalue weighted by Gasteiger charge is 2.32. The van der Waals surface area contributed by atoms with E-state index in [1.807, 2.05) is 0 Å². The molecule has 2 aliphatic rings. The zero-order chi connectivity index (χ0) is 12.6. The standard InChI is InChI=1S/C12H13F2NO2/c1-7-6-15(12(16)17-7)9-3-4-10(13)8(2)11(14)5-9/h3-5,7,9H,6H2,1-2H3. The zero-order valence-corrected chi connectivity index (χ0v) is 9.61. The molecule has 2 unspecified atom stereocenters. The third kappa shape index (κ3) is 2.23. The molecule has 0 radical (unpaired) electrons. The maximum Gasteiger partial charge on any atom is 0.410 e. The van der Waals surface area contributed by atoms with Gasteiger partial charge in [0.25, 0.3) is 0 Å². The largest absolute Gasteiger partial charge is 0.444 e. The monoisotopic (exact) mass is 241 g/mol. The molecule has 0 bridgehead atoms. The highest BCUT2D eigenvalue weighted by atomic mass is 19.1. The minimum Gasteiger partial charge on any atom is -0.444 e. The van der Waals surface area contributed by atoms with Gasteiger partial charge in [0.2, 0.25) is 0 Å². The Hall–Kier alpha value is -1.65. The van der Waals surface area contributed by atoms with E-state index in [1.54, 1.807) is 6.92 Å².